The third-order valence-electron chi connectivity index (χ3n) is 1.51. The molecule has 1 aromatic carbocycles. The van der Waals surface area contributed by atoms with Crippen LogP contribution in [0.4, 0.5) is 0 Å². The number of carboxylic acid groups (broad SMARTS) is 1. The van der Waals surface area contributed by atoms with E-state index in [-0.39, 0.29) is 6.54 Å². The summed E-state index contributed by atoms with van der Waals surface area (Å²) in [5.41, 5.74) is 5.32. The van der Waals surface area contributed by atoms with Gasteiger partial charge in [-0.3, -0.25) is 4.79 Å². The highest BCUT2D eigenvalue weighted by atomic mass is 32.2. The normalized spacial score (nSPS) is 12.4. The average molecular weight is 197 g/mol. The van der Waals surface area contributed by atoms with Crippen molar-refractivity contribution in [2.24, 2.45) is 5.73 Å². The number of nitrogens with two attached hydrogens (primary N) is 1. The summed E-state index contributed by atoms with van der Waals surface area (Å²) in [5.74, 6) is -0.864. The fourth-order valence-electron chi connectivity index (χ4n) is 0.863. The Kier molecular flexibility index (Phi) is 3.79. The van der Waals surface area contributed by atoms with E-state index in [0.29, 0.717) is 0 Å². The predicted octanol–water partition coefficient (Wildman–Crippen LogP) is 1.19. The van der Waals surface area contributed by atoms with Crippen molar-refractivity contribution in [3.8, 4) is 0 Å². The molecule has 0 aliphatic heterocycles. The zero-order chi connectivity index (χ0) is 9.68. The number of thioether (sulfide) groups is 1. The lowest BCUT2D eigenvalue weighted by Gasteiger charge is -2.08. The van der Waals surface area contributed by atoms with Crippen LogP contribution in [-0.4, -0.2) is 22.9 Å². The van der Waals surface area contributed by atoms with Crippen molar-refractivity contribution in [1.82, 2.24) is 0 Å². The summed E-state index contributed by atoms with van der Waals surface area (Å²) in [6.07, 6.45) is 0. The maximum absolute atomic E-state index is 10.6. The molecular weight excluding hydrogens is 186 g/mol. The first kappa shape index (κ1) is 10.1. The van der Waals surface area contributed by atoms with Gasteiger partial charge in [-0.25, -0.2) is 0 Å². The number of carboxylic acids is 1. The van der Waals surface area contributed by atoms with Crippen molar-refractivity contribution in [2.75, 3.05) is 6.54 Å². The molecule has 0 saturated carbocycles. The molecular formula is C9H11NO2S. The quantitative estimate of drug-likeness (QED) is 0.712. The number of rotatable bonds is 4. The Hall–Kier alpha value is -1.00. The van der Waals surface area contributed by atoms with Crippen LogP contribution in [0, 0.1) is 0 Å². The summed E-state index contributed by atoms with van der Waals surface area (Å²) in [6, 6.07) is 9.38. The summed E-state index contributed by atoms with van der Waals surface area (Å²) < 4.78 is 0. The maximum Gasteiger partial charge on any atom is 0.318 e. The van der Waals surface area contributed by atoms with Gasteiger partial charge in [0.05, 0.1) is 0 Å². The van der Waals surface area contributed by atoms with Crippen LogP contribution < -0.4 is 5.73 Å². The Bertz CT molecular complexity index is 276. The van der Waals surface area contributed by atoms with Gasteiger partial charge < -0.3 is 10.8 Å². The van der Waals surface area contributed by atoms with Gasteiger partial charge in [-0.1, -0.05) is 18.2 Å². The molecule has 70 valence electrons. The number of benzene rings is 1. The highest BCUT2D eigenvalue weighted by Gasteiger charge is 2.16. The highest BCUT2D eigenvalue weighted by molar-refractivity contribution is 8.00. The van der Waals surface area contributed by atoms with Gasteiger partial charge in [-0.15, -0.1) is 11.8 Å². The first-order valence-electron chi connectivity index (χ1n) is 3.88. The molecule has 0 heterocycles. The van der Waals surface area contributed by atoms with E-state index in [2.05, 4.69) is 0 Å². The second-order valence-electron chi connectivity index (χ2n) is 2.49. The van der Waals surface area contributed by atoms with Gasteiger partial charge in [0.2, 0.25) is 0 Å². The minimum Gasteiger partial charge on any atom is -0.480 e. The maximum atomic E-state index is 10.6. The lowest BCUT2D eigenvalue weighted by molar-refractivity contribution is -0.136. The van der Waals surface area contributed by atoms with Gasteiger partial charge in [0.1, 0.15) is 5.25 Å². The molecule has 3 nitrogen and oxygen atoms in total. The minimum atomic E-state index is -0.864. The molecule has 1 aromatic rings. The molecule has 0 spiro atoms. The number of aliphatic carboxylic acids is 1. The summed E-state index contributed by atoms with van der Waals surface area (Å²) in [4.78, 5) is 11.6. The van der Waals surface area contributed by atoms with Crippen molar-refractivity contribution >= 4 is 17.7 Å². The van der Waals surface area contributed by atoms with Crippen LogP contribution in [-0.2, 0) is 4.79 Å². The van der Waals surface area contributed by atoms with E-state index in [0.717, 1.165) is 4.90 Å². The Morgan fingerprint density at radius 1 is 1.46 bits per heavy atom. The van der Waals surface area contributed by atoms with Crippen LogP contribution in [0.5, 0.6) is 0 Å². The van der Waals surface area contributed by atoms with E-state index in [9.17, 15) is 4.79 Å². The summed E-state index contributed by atoms with van der Waals surface area (Å²) in [5, 5.41) is 8.18. The molecule has 0 radical (unpaired) electrons. The average Bonchev–Trinajstić information content (AvgIpc) is 2.15. The van der Waals surface area contributed by atoms with Gasteiger partial charge in [0, 0.05) is 11.4 Å². The fraction of sp³-hybridized carbons (Fsp3) is 0.222. The molecule has 0 unspecified atom stereocenters. The highest BCUT2D eigenvalue weighted by Crippen LogP contribution is 2.22. The predicted molar refractivity (Wildman–Crippen MR) is 52.8 cm³/mol. The number of hydrogen-bond acceptors (Lipinski definition) is 3. The Labute approximate surface area is 80.9 Å². The third-order valence-corrected chi connectivity index (χ3v) is 2.73. The van der Waals surface area contributed by atoms with E-state index in [4.69, 9.17) is 10.8 Å². The minimum absolute atomic E-state index is 0.148. The summed E-state index contributed by atoms with van der Waals surface area (Å²) >= 11 is 1.27. The standard InChI is InChI=1S/C9H11NO2S/c10-6-8(9(11)12)13-7-4-2-1-3-5-7/h1-5,8H,6,10H2,(H,11,12)/t8-/m0/s1. The first-order valence-corrected chi connectivity index (χ1v) is 4.76. The smallest absolute Gasteiger partial charge is 0.318 e. The molecule has 0 fully saturated rings. The Morgan fingerprint density at radius 2 is 2.08 bits per heavy atom. The molecule has 0 aliphatic rings. The molecule has 0 aliphatic carbocycles. The van der Waals surface area contributed by atoms with E-state index >= 15 is 0 Å². The van der Waals surface area contributed by atoms with E-state index in [1.807, 2.05) is 30.3 Å². The molecule has 0 bridgehead atoms. The van der Waals surface area contributed by atoms with Crippen molar-refractivity contribution in [3.05, 3.63) is 30.3 Å². The molecule has 0 saturated heterocycles. The van der Waals surface area contributed by atoms with Gasteiger partial charge in [0.15, 0.2) is 0 Å². The van der Waals surface area contributed by atoms with Crippen molar-refractivity contribution in [3.63, 3.8) is 0 Å². The molecule has 1 atom stereocenters. The van der Waals surface area contributed by atoms with Crippen LogP contribution in [0.25, 0.3) is 0 Å². The van der Waals surface area contributed by atoms with Gasteiger partial charge in [-0.2, -0.15) is 0 Å². The van der Waals surface area contributed by atoms with Gasteiger partial charge in [0.25, 0.3) is 0 Å². The van der Waals surface area contributed by atoms with Crippen LogP contribution in [0.3, 0.4) is 0 Å². The SMILES string of the molecule is NC[C@H](Sc1ccccc1)C(=O)O. The largest absolute Gasteiger partial charge is 0.480 e. The number of hydrogen-bond donors (Lipinski definition) is 2. The third kappa shape index (κ3) is 3.08. The second kappa shape index (κ2) is 4.89. The summed E-state index contributed by atoms with van der Waals surface area (Å²) in [7, 11) is 0. The monoisotopic (exact) mass is 197 g/mol. The van der Waals surface area contributed by atoms with Crippen molar-refractivity contribution < 1.29 is 9.90 Å². The Morgan fingerprint density at radius 3 is 2.54 bits per heavy atom. The molecule has 1 rings (SSSR count). The van der Waals surface area contributed by atoms with Crippen LogP contribution in [0.1, 0.15) is 0 Å². The number of carbonyl (C=O) groups is 1. The second-order valence-corrected chi connectivity index (χ2v) is 3.77. The topological polar surface area (TPSA) is 63.3 Å². The first-order chi connectivity index (χ1) is 6.24. The fourth-order valence-corrected chi connectivity index (χ4v) is 1.70. The Balaban J connectivity index is 2.62. The van der Waals surface area contributed by atoms with E-state index in [1.165, 1.54) is 11.8 Å². The molecule has 3 N–H and O–H groups in total. The lowest BCUT2D eigenvalue weighted by atomic mass is 10.4. The zero-order valence-electron chi connectivity index (χ0n) is 7.01. The molecule has 4 heteroatoms. The van der Waals surface area contributed by atoms with Gasteiger partial charge in [-0.05, 0) is 12.1 Å². The van der Waals surface area contributed by atoms with Crippen molar-refractivity contribution in [2.45, 2.75) is 10.1 Å². The van der Waals surface area contributed by atoms with E-state index in [1.54, 1.807) is 0 Å². The van der Waals surface area contributed by atoms with Crippen LogP contribution in [0.15, 0.2) is 35.2 Å². The molecule has 0 amide bonds. The van der Waals surface area contributed by atoms with Crippen LogP contribution >= 0.6 is 11.8 Å². The molecule has 0 aromatic heterocycles. The zero-order valence-corrected chi connectivity index (χ0v) is 7.83. The van der Waals surface area contributed by atoms with Gasteiger partial charge >= 0.3 is 5.97 Å². The molecule has 13 heavy (non-hydrogen) atoms. The van der Waals surface area contributed by atoms with Crippen molar-refractivity contribution in [1.29, 1.82) is 0 Å². The van der Waals surface area contributed by atoms with Crippen LogP contribution in [0.2, 0.25) is 0 Å². The summed E-state index contributed by atoms with van der Waals surface area (Å²) in [6.45, 7) is 0.148. The van der Waals surface area contributed by atoms with E-state index < -0.39 is 11.2 Å². The lowest BCUT2D eigenvalue weighted by Crippen LogP contribution is -2.25.